The van der Waals surface area contributed by atoms with Crippen LogP contribution in [-0.2, 0) is 28.8 Å². The maximum atomic E-state index is 11.6. The number of nitrogens with one attached hydrogen (secondary N) is 2. The summed E-state index contributed by atoms with van der Waals surface area (Å²) in [6, 6.07) is 0. The summed E-state index contributed by atoms with van der Waals surface area (Å²) in [7, 11) is 0. The average Bonchev–Trinajstić information content (AvgIpc) is 2.77. The van der Waals surface area contributed by atoms with Crippen molar-refractivity contribution in [2.24, 2.45) is 0 Å². The van der Waals surface area contributed by atoms with Crippen LogP contribution in [0.25, 0.3) is 0 Å². The van der Waals surface area contributed by atoms with Gasteiger partial charge in [0.15, 0.2) is 0 Å². The summed E-state index contributed by atoms with van der Waals surface area (Å²) in [5.74, 6) is -2.29. The first-order valence-corrected chi connectivity index (χ1v) is 7.88. The van der Waals surface area contributed by atoms with Gasteiger partial charge in [-0.3, -0.25) is 14.4 Å². The van der Waals surface area contributed by atoms with E-state index in [0.717, 1.165) is 0 Å². The molecule has 1 rings (SSSR count). The van der Waals surface area contributed by atoms with Gasteiger partial charge >= 0.3 is 12.1 Å². The highest BCUT2D eigenvalue weighted by Crippen LogP contribution is 2.12. The third kappa shape index (κ3) is 8.13. The number of rotatable bonds is 7. The molecule has 2 N–H and O–H groups in total. The highest BCUT2D eigenvalue weighted by Gasteiger charge is 2.32. The molecule has 1 saturated heterocycles. The van der Waals surface area contributed by atoms with Crippen LogP contribution in [0.3, 0.4) is 0 Å². The molecule has 10 nitrogen and oxygen atoms in total. The van der Waals surface area contributed by atoms with E-state index in [2.05, 4.69) is 15.5 Å². The summed E-state index contributed by atoms with van der Waals surface area (Å²) in [5.41, 5.74) is -0.620. The number of hydrogen-bond acceptors (Lipinski definition) is 7. The van der Waals surface area contributed by atoms with Crippen molar-refractivity contribution in [3.05, 3.63) is 0 Å². The summed E-state index contributed by atoms with van der Waals surface area (Å²) in [5, 5.41) is 5.35. The van der Waals surface area contributed by atoms with Gasteiger partial charge in [-0.05, 0) is 20.8 Å². The standard InChI is InChI=1S/C15H23N3O7/c1-15(2,3)24-14(23)17-8-6-10(19)16-9-7-13(22)25-18-11(20)4-5-12(18)21/h4-9H2,1-3H3,(H,16,19)(H,17,23). The largest absolute Gasteiger partial charge is 0.444 e. The Bertz CT molecular complexity index is 538. The SMILES string of the molecule is CC(C)(C)OC(=O)NCCC(=O)NCCC(=O)ON1C(=O)CCC1=O. The smallest absolute Gasteiger partial charge is 0.407 e. The monoisotopic (exact) mass is 357 g/mol. The van der Waals surface area contributed by atoms with Gasteiger partial charge in [0.2, 0.25) is 5.91 Å². The van der Waals surface area contributed by atoms with Gasteiger partial charge in [0, 0.05) is 32.4 Å². The van der Waals surface area contributed by atoms with Crippen molar-refractivity contribution in [1.29, 1.82) is 0 Å². The van der Waals surface area contributed by atoms with Gasteiger partial charge < -0.3 is 20.2 Å². The Morgan fingerprint density at radius 3 is 2.12 bits per heavy atom. The first-order chi connectivity index (χ1) is 11.6. The Hall–Kier alpha value is -2.65. The lowest BCUT2D eigenvalue weighted by molar-refractivity contribution is -0.197. The van der Waals surface area contributed by atoms with Crippen molar-refractivity contribution < 1.29 is 33.5 Å². The number of carbonyl (C=O) groups is 5. The van der Waals surface area contributed by atoms with Crippen LogP contribution in [0.2, 0.25) is 0 Å². The van der Waals surface area contributed by atoms with E-state index < -0.39 is 29.5 Å². The molecule has 0 aromatic carbocycles. The average molecular weight is 357 g/mol. The highest BCUT2D eigenvalue weighted by molar-refractivity contribution is 6.01. The second-order valence-corrected chi connectivity index (χ2v) is 6.32. The van der Waals surface area contributed by atoms with E-state index in [1.54, 1.807) is 20.8 Å². The molecular weight excluding hydrogens is 334 g/mol. The fourth-order valence-corrected chi connectivity index (χ4v) is 1.79. The zero-order valence-electron chi connectivity index (χ0n) is 14.5. The van der Waals surface area contributed by atoms with Crippen molar-refractivity contribution in [3.63, 3.8) is 0 Å². The zero-order chi connectivity index (χ0) is 19.0. The third-order valence-electron chi connectivity index (χ3n) is 2.87. The third-order valence-corrected chi connectivity index (χ3v) is 2.87. The van der Waals surface area contributed by atoms with E-state index in [4.69, 9.17) is 4.74 Å². The van der Waals surface area contributed by atoms with E-state index in [1.165, 1.54) is 0 Å². The normalized spacial score (nSPS) is 14.3. The van der Waals surface area contributed by atoms with E-state index in [0.29, 0.717) is 5.06 Å². The van der Waals surface area contributed by atoms with Crippen molar-refractivity contribution in [2.75, 3.05) is 13.1 Å². The first kappa shape index (κ1) is 20.4. The molecule has 0 saturated carbocycles. The van der Waals surface area contributed by atoms with Crippen molar-refractivity contribution in [2.45, 2.75) is 52.1 Å². The highest BCUT2D eigenvalue weighted by atomic mass is 16.7. The summed E-state index contributed by atoms with van der Waals surface area (Å²) in [6.07, 6.45) is -0.760. The van der Waals surface area contributed by atoms with Crippen molar-refractivity contribution in [3.8, 4) is 0 Å². The number of hydrogen-bond donors (Lipinski definition) is 2. The van der Waals surface area contributed by atoms with E-state index in [-0.39, 0.29) is 44.7 Å². The van der Waals surface area contributed by atoms with Gasteiger partial charge in [0.05, 0.1) is 6.42 Å². The van der Waals surface area contributed by atoms with Gasteiger partial charge in [-0.25, -0.2) is 9.59 Å². The predicted octanol–water partition coefficient (Wildman–Crippen LogP) is 0.0147. The van der Waals surface area contributed by atoms with Crippen LogP contribution in [0.4, 0.5) is 4.79 Å². The maximum absolute atomic E-state index is 11.6. The number of alkyl carbamates (subject to hydrolysis) is 1. The molecule has 1 aliphatic heterocycles. The van der Waals surface area contributed by atoms with E-state index in [1.807, 2.05) is 0 Å². The molecule has 25 heavy (non-hydrogen) atoms. The van der Waals surface area contributed by atoms with Crippen LogP contribution >= 0.6 is 0 Å². The molecule has 140 valence electrons. The lowest BCUT2D eigenvalue weighted by Crippen LogP contribution is -2.36. The van der Waals surface area contributed by atoms with Crippen LogP contribution in [0, 0.1) is 0 Å². The fourth-order valence-electron chi connectivity index (χ4n) is 1.79. The Kier molecular flexibility index (Phi) is 7.34. The Morgan fingerprint density at radius 2 is 1.56 bits per heavy atom. The summed E-state index contributed by atoms with van der Waals surface area (Å²) < 4.78 is 5.01. The van der Waals surface area contributed by atoms with Gasteiger partial charge in [-0.15, -0.1) is 5.06 Å². The minimum Gasteiger partial charge on any atom is -0.444 e. The molecule has 10 heteroatoms. The lowest BCUT2D eigenvalue weighted by Gasteiger charge is -2.19. The molecule has 1 heterocycles. The van der Waals surface area contributed by atoms with Gasteiger partial charge in [-0.2, -0.15) is 0 Å². The topological polar surface area (TPSA) is 131 Å². The van der Waals surface area contributed by atoms with Crippen LogP contribution in [-0.4, -0.2) is 53.5 Å². The summed E-state index contributed by atoms with van der Waals surface area (Å²) in [4.78, 5) is 61.7. The molecule has 0 aromatic heterocycles. The minimum atomic E-state index is -0.796. The van der Waals surface area contributed by atoms with Crippen molar-refractivity contribution in [1.82, 2.24) is 15.7 Å². The second kappa shape index (κ2) is 9.00. The van der Waals surface area contributed by atoms with Crippen LogP contribution in [0.15, 0.2) is 0 Å². The van der Waals surface area contributed by atoms with Gasteiger partial charge in [0.1, 0.15) is 5.60 Å². The predicted molar refractivity (Wildman–Crippen MR) is 83.7 cm³/mol. The Balaban J connectivity index is 2.14. The molecule has 0 atom stereocenters. The van der Waals surface area contributed by atoms with Crippen molar-refractivity contribution >= 4 is 29.8 Å². The molecule has 0 spiro atoms. The number of imide groups is 1. The second-order valence-electron chi connectivity index (χ2n) is 6.32. The van der Waals surface area contributed by atoms with E-state index >= 15 is 0 Å². The number of nitrogens with zero attached hydrogens (tertiary/aromatic N) is 1. The van der Waals surface area contributed by atoms with Crippen LogP contribution in [0.5, 0.6) is 0 Å². The molecule has 0 bridgehead atoms. The quantitative estimate of drug-likeness (QED) is 0.614. The first-order valence-electron chi connectivity index (χ1n) is 7.88. The number of carbonyl (C=O) groups excluding carboxylic acids is 5. The summed E-state index contributed by atoms with van der Waals surface area (Å²) in [6.45, 7) is 5.24. The Morgan fingerprint density at radius 1 is 1.00 bits per heavy atom. The number of amides is 4. The molecule has 0 radical (unpaired) electrons. The van der Waals surface area contributed by atoms with Gasteiger partial charge in [0.25, 0.3) is 11.8 Å². The summed E-state index contributed by atoms with van der Waals surface area (Å²) >= 11 is 0. The van der Waals surface area contributed by atoms with E-state index in [9.17, 15) is 24.0 Å². The number of ether oxygens (including phenoxy) is 1. The minimum absolute atomic E-state index is 0.0113. The molecular formula is C15H23N3O7. The fraction of sp³-hybridized carbons (Fsp3) is 0.667. The molecule has 0 unspecified atom stereocenters. The van der Waals surface area contributed by atoms with Gasteiger partial charge in [-0.1, -0.05) is 0 Å². The number of hydroxylamine groups is 2. The molecule has 0 aliphatic carbocycles. The Labute approximate surface area is 145 Å². The maximum Gasteiger partial charge on any atom is 0.407 e. The molecule has 1 fully saturated rings. The molecule has 4 amide bonds. The zero-order valence-corrected chi connectivity index (χ0v) is 14.5. The van der Waals surface area contributed by atoms with Crippen LogP contribution in [0.1, 0.15) is 46.5 Å². The van der Waals surface area contributed by atoms with Crippen LogP contribution < -0.4 is 10.6 Å². The lowest BCUT2D eigenvalue weighted by atomic mass is 10.2. The molecule has 1 aliphatic rings. The molecule has 0 aromatic rings.